The summed E-state index contributed by atoms with van der Waals surface area (Å²) < 4.78 is 1.86. The van der Waals surface area contributed by atoms with Gasteiger partial charge >= 0.3 is 5.97 Å². The average Bonchev–Trinajstić information content (AvgIpc) is 2.83. The summed E-state index contributed by atoms with van der Waals surface area (Å²) in [5.41, 5.74) is 3.75. The Morgan fingerprint density at radius 2 is 1.89 bits per heavy atom. The molecule has 0 saturated heterocycles. The van der Waals surface area contributed by atoms with Gasteiger partial charge in [0.1, 0.15) is 5.69 Å². The molecule has 0 radical (unpaired) electrons. The topological polar surface area (TPSA) is 42.2 Å². The standard InChI is InChI=1S/C16H19NO2/c1-3-7-12-8-5-6-9-13(12)14-10-11-15(16(18)19)17(14)4-2/h5-6,8-11H,3-4,7H2,1-2H3,(H,18,19). The number of nitrogens with zero attached hydrogens (tertiary/aromatic N) is 1. The molecule has 19 heavy (non-hydrogen) atoms. The van der Waals surface area contributed by atoms with Crippen molar-refractivity contribution in [3.63, 3.8) is 0 Å². The van der Waals surface area contributed by atoms with Crippen LogP contribution in [0.4, 0.5) is 0 Å². The molecule has 0 amide bonds. The first-order valence-electron chi connectivity index (χ1n) is 6.70. The lowest BCUT2D eigenvalue weighted by atomic mass is 10.0. The third-order valence-electron chi connectivity index (χ3n) is 3.33. The molecule has 0 aliphatic heterocycles. The minimum Gasteiger partial charge on any atom is -0.477 e. The van der Waals surface area contributed by atoms with Gasteiger partial charge in [0.25, 0.3) is 0 Å². The highest BCUT2D eigenvalue weighted by atomic mass is 16.4. The van der Waals surface area contributed by atoms with Crippen molar-refractivity contribution >= 4 is 5.97 Å². The highest BCUT2D eigenvalue weighted by Crippen LogP contribution is 2.27. The van der Waals surface area contributed by atoms with Gasteiger partial charge in [0.05, 0.1) is 0 Å². The molecule has 0 spiro atoms. The summed E-state index contributed by atoms with van der Waals surface area (Å²) in [6, 6.07) is 11.8. The number of carboxylic acids is 1. The predicted molar refractivity (Wildman–Crippen MR) is 76.5 cm³/mol. The van der Waals surface area contributed by atoms with Gasteiger partial charge in [-0.05, 0) is 31.0 Å². The largest absolute Gasteiger partial charge is 0.477 e. The summed E-state index contributed by atoms with van der Waals surface area (Å²) in [4.78, 5) is 11.2. The maximum Gasteiger partial charge on any atom is 0.352 e. The normalized spacial score (nSPS) is 10.6. The van der Waals surface area contributed by atoms with Gasteiger partial charge in [0.2, 0.25) is 0 Å². The van der Waals surface area contributed by atoms with Crippen molar-refractivity contribution < 1.29 is 9.90 Å². The predicted octanol–water partition coefficient (Wildman–Crippen LogP) is 3.83. The molecule has 0 saturated carbocycles. The molecule has 0 fully saturated rings. The van der Waals surface area contributed by atoms with E-state index in [-0.39, 0.29) is 0 Å². The van der Waals surface area contributed by atoms with E-state index in [4.69, 9.17) is 0 Å². The van der Waals surface area contributed by atoms with E-state index in [1.54, 1.807) is 6.07 Å². The summed E-state index contributed by atoms with van der Waals surface area (Å²) in [6.07, 6.45) is 2.09. The van der Waals surface area contributed by atoms with E-state index in [1.807, 2.05) is 29.7 Å². The van der Waals surface area contributed by atoms with Crippen LogP contribution in [0.5, 0.6) is 0 Å². The van der Waals surface area contributed by atoms with Crippen molar-refractivity contribution in [1.29, 1.82) is 0 Å². The molecule has 2 rings (SSSR count). The highest BCUT2D eigenvalue weighted by Gasteiger charge is 2.15. The molecule has 2 aromatic rings. The molecular weight excluding hydrogens is 238 g/mol. The molecule has 1 N–H and O–H groups in total. The van der Waals surface area contributed by atoms with Crippen LogP contribution >= 0.6 is 0 Å². The van der Waals surface area contributed by atoms with Crippen LogP contribution < -0.4 is 0 Å². The van der Waals surface area contributed by atoms with Gasteiger partial charge in [-0.2, -0.15) is 0 Å². The minimum absolute atomic E-state index is 0.351. The van der Waals surface area contributed by atoms with E-state index in [2.05, 4.69) is 19.1 Å². The Balaban J connectivity index is 2.56. The lowest BCUT2D eigenvalue weighted by Gasteiger charge is -2.12. The fourth-order valence-corrected chi connectivity index (χ4v) is 2.49. The zero-order valence-corrected chi connectivity index (χ0v) is 11.4. The number of aromatic nitrogens is 1. The number of rotatable bonds is 5. The van der Waals surface area contributed by atoms with Gasteiger partial charge < -0.3 is 9.67 Å². The van der Waals surface area contributed by atoms with E-state index in [0.29, 0.717) is 12.2 Å². The number of aromatic carboxylic acids is 1. The second-order valence-electron chi connectivity index (χ2n) is 4.56. The Kier molecular flexibility index (Phi) is 4.05. The third-order valence-corrected chi connectivity index (χ3v) is 3.33. The van der Waals surface area contributed by atoms with Crippen LogP contribution in [0.1, 0.15) is 36.3 Å². The van der Waals surface area contributed by atoms with Gasteiger partial charge in [-0.1, -0.05) is 37.6 Å². The fourth-order valence-electron chi connectivity index (χ4n) is 2.49. The quantitative estimate of drug-likeness (QED) is 0.884. The minimum atomic E-state index is -0.874. The van der Waals surface area contributed by atoms with E-state index >= 15 is 0 Å². The lowest BCUT2D eigenvalue weighted by molar-refractivity contribution is 0.0685. The van der Waals surface area contributed by atoms with Crippen LogP contribution in [-0.2, 0) is 13.0 Å². The number of hydrogen-bond donors (Lipinski definition) is 1. The van der Waals surface area contributed by atoms with Crippen LogP contribution in [0.3, 0.4) is 0 Å². The second-order valence-corrected chi connectivity index (χ2v) is 4.56. The van der Waals surface area contributed by atoms with Crippen LogP contribution in [0, 0.1) is 0 Å². The molecule has 0 atom stereocenters. The molecule has 1 aromatic carbocycles. The smallest absolute Gasteiger partial charge is 0.352 e. The Labute approximate surface area is 113 Å². The van der Waals surface area contributed by atoms with Crippen molar-refractivity contribution in [1.82, 2.24) is 4.57 Å². The van der Waals surface area contributed by atoms with Crippen molar-refractivity contribution in [2.75, 3.05) is 0 Å². The van der Waals surface area contributed by atoms with Gasteiger partial charge in [-0.3, -0.25) is 0 Å². The number of aryl methyl sites for hydroxylation is 1. The van der Waals surface area contributed by atoms with Crippen LogP contribution in [0.2, 0.25) is 0 Å². The summed E-state index contributed by atoms with van der Waals surface area (Å²) in [7, 11) is 0. The zero-order valence-electron chi connectivity index (χ0n) is 11.4. The maximum absolute atomic E-state index is 11.2. The molecule has 100 valence electrons. The SMILES string of the molecule is CCCc1ccccc1-c1ccc(C(=O)O)n1CC. The van der Waals surface area contributed by atoms with Gasteiger partial charge in [0.15, 0.2) is 0 Å². The summed E-state index contributed by atoms with van der Waals surface area (Å²) >= 11 is 0. The lowest BCUT2D eigenvalue weighted by Crippen LogP contribution is -2.08. The first-order valence-corrected chi connectivity index (χ1v) is 6.70. The average molecular weight is 257 g/mol. The molecule has 0 aliphatic rings. The second kappa shape index (κ2) is 5.74. The van der Waals surface area contributed by atoms with Gasteiger partial charge in [-0.25, -0.2) is 4.79 Å². The molecule has 3 heteroatoms. The monoisotopic (exact) mass is 257 g/mol. The fraction of sp³-hybridized carbons (Fsp3) is 0.312. The van der Waals surface area contributed by atoms with Gasteiger partial charge in [0, 0.05) is 17.8 Å². The Hall–Kier alpha value is -2.03. The van der Waals surface area contributed by atoms with Crippen molar-refractivity contribution in [3.05, 3.63) is 47.7 Å². The molecule has 3 nitrogen and oxygen atoms in total. The first kappa shape index (κ1) is 13.4. The third kappa shape index (κ3) is 2.55. The van der Waals surface area contributed by atoms with E-state index in [9.17, 15) is 9.90 Å². The summed E-state index contributed by atoms with van der Waals surface area (Å²) in [5, 5.41) is 9.21. The van der Waals surface area contributed by atoms with Crippen molar-refractivity contribution in [3.8, 4) is 11.3 Å². The number of carboxylic acid groups (broad SMARTS) is 1. The molecule has 1 aromatic heterocycles. The molecule has 0 aliphatic carbocycles. The number of hydrogen-bond acceptors (Lipinski definition) is 1. The van der Waals surface area contributed by atoms with E-state index in [0.717, 1.165) is 24.1 Å². The summed E-state index contributed by atoms with van der Waals surface area (Å²) in [6.45, 7) is 4.78. The Morgan fingerprint density at radius 1 is 1.16 bits per heavy atom. The van der Waals surface area contributed by atoms with Crippen LogP contribution in [0.25, 0.3) is 11.3 Å². The van der Waals surface area contributed by atoms with Crippen molar-refractivity contribution in [2.24, 2.45) is 0 Å². The highest BCUT2D eigenvalue weighted by molar-refractivity contribution is 5.87. The summed E-state index contributed by atoms with van der Waals surface area (Å²) in [5.74, 6) is -0.874. The number of benzene rings is 1. The Morgan fingerprint density at radius 3 is 2.53 bits per heavy atom. The molecule has 0 bridgehead atoms. The number of carbonyl (C=O) groups is 1. The zero-order chi connectivity index (χ0) is 13.8. The Bertz CT molecular complexity index is 584. The molecular formula is C16H19NO2. The first-order chi connectivity index (χ1) is 9.19. The molecule has 1 heterocycles. The van der Waals surface area contributed by atoms with Crippen molar-refractivity contribution in [2.45, 2.75) is 33.2 Å². The van der Waals surface area contributed by atoms with E-state index < -0.39 is 5.97 Å². The van der Waals surface area contributed by atoms with Crippen LogP contribution in [0.15, 0.2) is 36.4 Å². The van der Waals surface area contributed by atoms with E-state index in [1.165, 1.54) is 5.56 Å². The maximum atomic E-state index is 11.2. The van der Waals surface area contributed by atoms with Crippen LogP contribution in [-0.4, -0.2) is 15.6 Å². The van der Waals surface area contributed by atoms with Gasteiger partial charge in [-0.15, -0.1) is 0 Å². The molecule has 0 unspecified atom stereocenters.